The molecule has 0 bridgehead atoms. The molecule has 0 fully saturated rings. The monoisotopic (exact) mass is 655 g/mol. The summed E-state index contributed by atoms with van der Waals surface area (Å²) in [6.45, 7) is 0.434. The van der Waals surface area contributed by atoms with Crippen LogP contribution in [0.5, 0.6) is 11.5 Å². The van der Waals surface area contributed by atoms with Crippen LogP contribution in [-0.2, 0) is 23.2 Å². The van der Waals surface area contributed by atoms with Gasteiger partial charge in [-0.1, -0.05) is 60.1 Å². The number of ether oxygens (including phenoxy) is 2. The zero-order chi connectivity index (χ0) is 29.4. The highest BCUT2D eigenvalue weighted by Crippen LogP contribution is 2.37. The molecule has 11 heteroatoms. The van der Waals surface area contributed by atoms with Gasteiger partial charge in [0.05, 0.1) is 36.3 Å². The van der Waals surface area contributed by atoms with Crippen LogP contribution in [0.3, 0.4) is 0 Å². The molecule has 0 aliphatic rings. The van der Waals surface area contributed by atoms with Crippen LogP contribution in [0.4, 0.5) is 5.69 Å². The lowest BCUT2D eigenvalue weighted by Crippen LogP contribution is -2.29. The van der Waals surface area contributed by atoms with Crippen molar-refractivity contribution in [3.63, 3.8) is 0 Å². The van der Waals surface area contributed by atoms with Gasteiger partial charge in [-0.2, -0.15) is 5.10 Å². The first-order valence-electron chi connectivity index (χ1n) is 12.3. The van der Waals surface area contributed by atoms with E-state index < -0.39 is 15.9 Å². The number of methoxy groups -OCH3 is 1. The van der Waals surface area contributed by atoms with Crippen molar-refractivity contribution in [1.29, 1.82) is 0 Å². The van der Waals surface area contributed by atoms with Crippen LogP contribution in [0.2, 0.25) is 5.02 Å². The Kier molecular flexibility index (Phi) is 10.0. The molecule has 0 spiro atoms. The Morgan fingerprint density at radius 1 is 1.02 bits per heavy atom. The summed E-state index contributed by atoms with van der Waals surface area (Å²) in [6.07, 6.45) is 2.62. The van der Waals surface area contributed by atoms with Crippen LogP contribution in [-0.4, -0.2) is 33.9 Å². The minimum absolute atomic E-state index is 0.179. The number of carbonyl (C=O) groups is 1. The molecule has 0 aliphatic heterocycles. The van der Waals surface area contributed by atoms with Crippen molar-refractivity contribution >= 4 is 55.4 Å². The standard InChI is InChI=1S/C30H27BrClN3O5S/c1-39-28-17-22(16-26(31)29(28)40-20-24-10-6-7-11-27(24)32)18-33-34-30(36)23-12-14-25(15-13-23)35(41(2,37)38)19-21-8-4-3-5-9-21/h3-18H,19-20H2,1-2H3,(H,34,36)/b33-18-. The predicted octanol–water partition coefficient (Wildman–Crippen LogP) is 6.42. The molecule has 0 atom stereocenters. The van der Waals surface area contributed by atoms with E-state index >= 15 is 0 Å². The maximum atomic E-state index is 12.7. The highest BCUT2D eigenvalue weighted by molar-refractivity contribution is 9.10. The molecular formula is C30H27BrClN3O5S. The molecule has 212 valence electrons. The van der Waals surface area contributed by atoms with Gasteiger partial charge in [-0.15, -0.1) is 0 Å². The van der Waals surface area contributed by atoms with E-state index in [9.17, 15) is 13.2 Å². The van der Waals surface area contributed by atoms with Crippen molar-refractivity contribution in [2.24, 2.45) is 5.10 Å². The maximum Gasteiger partial charge on any atom is 0.271 e. The van der Waals surface area contributed by atoms with Gasteiger partial charge in [0, 0.05) is 16.1 Å². The molecule has 0 saturated heterocycles. The number of amides is 1. The molecule has 0 aliphatic carbocycles. The summed E-state index contributed by atoms with van der Waals surface area (Å²) in [7, 11) is -2.02. The number of nitrogens with zero attached hydrogens (tertiary/aromatic N) is 2. The Bertz CT molecular complexity index is 1650. The van der Waals surface area contributed by atoms with Gasteiger partial charge in [-0.25, -0.2) is 13.8 Å². The molecule has 8 nitrogen and oxygen atoms in total. The Morgan fingerprint density at radius 2 is 1.71 bits per heavy atom. The number of rotatable bonds is 11. The van der Waals surface area contributed by atoms with Crippen molar-refractivity contribution in [1.82, 2.24) is 5.43 Å². The number of sulfonamides is 1. The number of anilines is 1. The molecule has 1 N–H and O–H groups in total. The minimum Gasteiger partial charge on any atom is -0.493 e. The van der Waals surface area contributed by atoms with Gasteiger partial charge in [0.25, 0.3) is 5.91 Å². The smallest absolute Gasteiger partial charge is 0.271 e. The van der Waals surface area contributed by atoms with Crippen molar-refractivity contribution in [3.8, 4) is 11.5 Å². The Hall–Kier alpha value is -3.86. The summed E-state index contributed by atoms with van der Waals surface area (Å²) in [6, 6.07) is 26.5. The summed E-state index contributed by atoms with van der Waals surface area (Å²) < 4.78 is 38.2. The minimum atomic E-state index is -3.55. The summed E-state index contributed by atoms with van der Waals surface area (Å²) >= 11 is 9.73. The van der Waals surface area contributed by atoms with Gasteiger partial charge in [-0.3, -0.25) is 9.10 Å². The van der Waals surface area contributed by atoms with Crippen LogP contribution < -0.4 is 19.2 Å². The number of hydrogen-bond acceptors (Lipinski definition) is 6. The number of carbonyl (C=O) groups excluding carboxylic acids is 1. The van der Waals surface area contributed by atoms with Crippen molar-refractivity contribution < 1.29 is 22.7 Å². The molecule has 4 aromatic carbocycles. The highest BCUT2D eigenvalue weighted by atomic mass is 79.9. The van der Waals surface area contributed by atoms with E-state index in [0.717, 1.165) is 17.4 Å². The Morgan fingerprint density at radius 3 is 2.37 bits per heavy atom. The SMILES string of the molecule is COc1cc(/C=N\NC(=O)c2ccc(N(Cc3ccccc3)S(C)(=O)=O)cc2)cc(Br)c1OCc1ccccc1Cl. The topological polar surface area (TPSA) is 97.3 Å². The molecule has 4 rings (SSSR count). The van der Waals surface area contributed by atoms with Gasteiger partial charge in [0.15, 0.2) is 11.5 Å². The second-order valence-electron chi connectivity index (χ2n) is 8.92. The van der Waals surface area contributed by atoms with Crippen molar-refractivity contribution in [2.45, 2.75) is 13.2 Å². The van der Waals surface area contributed by atoms with E-state index in [0.29, 0.717) is 37.8 Å². The maximum absolute atomic E-state index is 12.7. The summed E-state index contributed by atoms with van der Waals surface area (Å²) in [5.74, 6) is 0.525. The van der Waals surface area contributed by atoms with Gasteiger partial charge < -0.3 is 9.47 Å². The lowest BCUT2D eigenvalue weighted by Gasteiger charge is -2.22. The molecule has 0 unspecified atom stereocenters. The third-order valence-electron chi connectivity index (χ3n) is 5.95. The molecule has 0 saturated carbocycles. The van der Waals surface area contributed by atoms with Crippen LogP contribution in [0, 0.1) is 0 Å². The van der Waals surface area contributed by atoms with Crippen molar-refractivity contribution in [2.75, 3.05) is 17.7 Å². The van der Waals surface area contributed by atoms with E-state index in [1.165, 1.54) is 17.6 Å². The lowest BCUT2D eigenvalue weighted by atomic mass is 10.2. The predicted molar refractivity (Wildman–Crippen MR) is 165 cm³/mol. The first-order valence-corrected chi connectivity index (χ1v) is 15.4. The van der Waals surface area contributed by atoms with Crippen LogP contribution in [0.15, 0.2) is 101 Å². The fourth-order valence-corrected chi connectivity index (χ4v) is 5.53. The third-order valence-corrected chi connectivity index (χ3v) is 8.05. The fraction of sp³-hybridized carbons (Fsp3) is 0.133. The average molecular weight is 657 g/mol. The molecule has 41 heavy (non-hydrogen) atoms. The van der Waals surface area contributed by atoms with Gasteiger partial charge in [-0.05, 0) is 69.5 Å². The summed E-state index contributed by atoms with van der Waals surface area (Å²) in [5.41, 5.74) is 5.59. The van der Waals surface area contributed by atoms with E-state index in [2.05, 4.69) is 26.5 Å². The summed E-state index contributed by atoms with van der Waals surface area (Å²) in [4.78, 5) is 12.7. The van der Waals surface area contributed by atoms with E-state index in [4.69, 9.17) is 21.1 Å². The molecule has 0 aromatic heterocycles. The van der Waals surface area contributed by atoms with Crippen molar-refractivity contribution in [3.05, 3.63) is 123 Å². The molecule has 1 amide bonds. The van der Waals surface area contributed by atoms with Gasteiger partial charge >= 0.3 is 0 Å². The number of hydrogen-bond donors (Lipinski definition) is 1. The van der Waals surface area contributed by atoms with Crippen LogP contribution in [0.25, 0.3) is 0 Å². The quantitative estimate of drug-likeness (QED) is 0.149. The number of hydrazone groups is 1. The van der Waals surface area contributed by atoms with Crippen LogP contribution in [0.1, 0.15) is 27.0 Å². The fourth-order valence-electron chi connectivity index (χ4n) is 3.88. The van der Waals surface area contributed by atoms with E-state index in [1.54, 1.807) is 42.5 Å². The number of benzene rings is 4. The van der Waals surface area contributed by atoms with E-state index in [1.807, 2.05) is 48.5 Å². The Labute approximate surface area is 252 Å². The lowest BCUT2D eigenvalue weighted by molar-refractivity contribution is 0.0955. The first kappa shape index (κ1) is 30.1. The largest absolute Gasteiger partial charge is 0.493 e. The molecule has 0 heterocycles. The molecular weight excluding hydrogens is 630 g/mol. The van der Waals surface area contributed by atoms with Gasteiger partial charge in [0.2, 0.25) is 10.0 Å². The first-order chi connectivity index (χ1) is 19.7. The zero-order valence-corrected chi connectivity index (χ0v) is 25.4. The van der Waals surface area contributed by atoms with E-state index in [-0.39, 0.29) is 13.2 Å². The second-order valence-corrected chi connectivity index (χ2v) is 12.1. The number of halogens is 2. The summed E-state index contributed by atoms with van der Waals surface area (Å²) in [5, 5.41) is 4.66. The molecule has 0 radical (unpaired) electrons. The van der Waals surface area contributed by atoms with Gasteiger partial charge in [0.1, 0.15) is 6.61 Å². The number of nitrogens with one attached hydrogen (secondary N) is 1. The Balaban J connectivity index is 1.41. The highest BCUT2D eigenvalue weighted by Gasteiger charge is 2.18. The average Bonchev–Trinajstić information content (AvgIpc) is 2.96. The molecule has 4 aromatic rings. The normalized spacial score (nSPS) is 11.3. The van der Waals surface area contributed by atoms with Crippen LogP contribution >= 0.6 is 27.5 Å². The second kappa shape index (κ2) is 13.7. The zero-order valence-electron chi connectivity index (χ0n) is 22.3. The third kappa shape index (κ3) is 8.09.